The lowest BCUT2D eigenvalue weighted by atomic mass is 10.0. The molecule has 0 aliphatic heterocycles. The Kier molecular flexibility index (Phi) is 4.49. The number of aromatic nitrogens is 3. The number of hydrogen-bond donors (Lipinski definition) is 0. The number of benzene rings is 5. The molecule has 0 N–H and O–H groups in total. The highest BCUT2D eigenvalue weighted by atomic mass is 16.3. The molecule has 4 heteroatoms. The van der Waals surface area contributed by atoms with E-state index in [0.29, 0.717) is 0 Å². The second-order valence-electron chi connectivity index (χ2n) is 9.48. The fourth-order valence-electron chi connectivity index (χ4n) is 5.47. The number of imidazole rings is 1. The number of pyridine rings is 1. The van der Waals surface area contributed by atoms with Crippen LogP contribution in [0.15, 0.2) is 132 Å². The second kappa shape index (κ2) is 8.15. The normalized spacial score (nSPS) is 11.7. The molecule has 0 radical (unpaired) electrons. The predicted molar refractivity (Wildman–Crippen MR) is 155 cm³/mol. The minimum Gasteiger partial charge on any atom is -0.455 e. The average Bonchev–Trinajstić information content (AvgIpc) is 3.56. The number of fused-ring (bicyclic) bond motifs is 6. The average molecular weight is 488 g/mol. The molecule has 5 aromatic carbocycles. The van der Waals surface area contributed by atoms with Gasteiger partial charge >= 0.3 is 0 Å². The van der Waals surface area contributed by atoms with Gasteiger partial charge in [0.1, 0.15) is 22.5 Å². The molecule has 38 heavy (non-hydrogen) atoms. The predicted octanol–water partition coefficient (Wildman–Crippen LogP) is 8.81. The monoisotopic (exact) mass is 487 g/mol. The Bertz CT molecular complexity index is 2120. The molecule has 0 unspecified atom stereocenters. The first-order chi connectivity index (χ1) is 18.8. The van der Waals surface area contributed by atoms with Gasteiger partial charge in [-0.1, -0.05) is 84.9 Å². The Labute approximate surface area is 218 Å². The van der Waals surface area contributed by atoms with Gasteiger partial charge in [-0.2, -0.15) is 0 Å². The third-order valence-electron chi connectivity index (χ3n) is 7.26. The number of furan rings is 1. The molecule has 0 aliphatic rings. The van der Waals surface area contributed by atoms with Crippen molar-refractivity contribution in [3.8, 4) is 28.2 Å². The van der Waals surface area contributed by atoms with Crippen LogP contribution < -0.4 is 0 Å². The maximum atomic E-state index is 6.61. The molecule has 8 rings (SSSR count). The minimum absolute atomic E-state index is 0.831. The van der Waals surface area contributed by atoms with Crippen LogP contribution in [0.4, 0.5) is 0 Å². The molecule has 0 spiro atoms. The first-order valence-electron chi connectivity index (χ1n) is 12.7. The zero-order valence-electron chi connectivity index (χ0n) is 20.4. The Morgan fingerprint density at radius 3 is 2.24 bits per heavy atom. The van der Waals surface area contributed by atoms with Crippen molar-refractivity contribution in [2.75, 3.05) is 0 Å². The summed E-state index contributed by atoms with van der Waals surface area (Å²) in [7, 11) is 0. The van der Waals surface area contributed by atoms with Crippen molar-refractivity contribution in [2.45, 2.75) is 0 Å². The van der Waals surface area contributed by atoms with E-state index in [1.54, 1.807) is 0 Å². The molecule has 0 saturated heterocycles. The van der Waals surface area contributed by atoms with E-state index in [4.69, 9.17) is 14.4 Å². The quantitative estimate of drug-likeness (QED) is 0.250. The van der Waals surface area contributed by atoms with Crippen molar-refractivity contribution in [3.05, 3.63) is 128 Å². The molecular formula is C34H21N3O. The molecule has 178 valence electrons. The van der Waals surface area contributed by atoms with Crippen molar-refractivity contribution in [2.24, 2.45) is 0 Å². The smallest absolute Gasteiger partial charge is 0.149 e. The molecule has 0 fully saturated rings. The molecule has 0 atom stereocenters. The lowest BCUT2D eigenvalue weighted by Gasteiger charge is -2.09. The first kappa shape index (κ1) is 20.9. The molecular weight excluding hydrogens is 466 g/mol. The van der Waals surface area contributed by atoms with Crippen LogP contribution in [0.25, 0.3) is 72.1 Å². The third-order valence-corrected chi connectivity index (χ3v) is 7.26. The fourth-order valence-corrected chi connectivity index (χ4v) is 5.47. The van der Waals surface area contributed by atoms with Crippen LogP contribution in [0.5, 0.6) is 0 Å². The van der Waals surface area contributed by atoms with Crippen molar-refractivity contribution in [3.63, 3.8) is 0 Å². The van der Waals surface area contributed by atoms with E-state index >= 15 is 0 Å². The van der Waals surface area contributed by atoms with Crippen LogP contribution in [0.3, 0.4) is 0 Å². The number of nitrogens with zero attached hydrogens (tertiary/aromatic N) is 3. The summed E-state index contributed by atoms with van der Waals surface area (Å²) in [5.74, 6) is 0.831. The van der Waals surface area contributed by atoms with E-state index in [9.17, 15) is 0 Å². The van der Waals surface area contributed by atoms with Crippen LogP contribution >= 0.6 is 0 Å². The summed E-state index contributed by atoms with van der Waals surface area (Å²) in [5.41, 5.74) is 8.79. The Balaban J connectivity index is 1.43. The summed E-state index contributed by atoms with van der Waals surface area (Å²) in [6, 6.07) is 41.6. The van der Waals surface area contributed by atoms with Gasteiger partial charge in [0.25, 0.3) is 0 Å². The minimum atomic E-state index is 0.831. The first-order valence-corrected chi connectivity index (χ1v) is 12.7. The highest BCUT2D eigenvalue weighted by molar-refractivity contribution is 6.11. The summed E-state index contributed by atoms with van der Waals surface area (Å²) in [4.78, 5) is 9.99. The van der Waals surface area contributed by atoms with Gasteiger partial charge in [0.15, 0.2) is 0 Å². The van der Waals surface area contributed by atoms with E-state index in [1.165, 1.54) is 5.56 Å². The van der Waals surface area contributed by atoms with Gasteiger partial charge in [-0.05, 0) is 47.5 Å². The van der Waals surface area contributed by atoms with Gasteiger partial charge in [0.05, 0.1) is 22.8 Å². The van der Waals surface area contributed by atoms with Crippen molar-refractivity contribution >= 4 is 43.9 Å². The van der Waals surface area contributed by atoms with Crippen LogP contribution in [0, 0.1) is 0 Å². The van der Waals surface area contributed by atoms with Gasteiger partial charge in [-0.3, -0.25) is 9.55 Å². The van der Waals surface area contributed by atoms with E-state index in [2.05, 4.69) is 83.4 Å². The Morgan fingerprint density at radius 2 is 1.37 bits per heavy atom. The summed E-state index contributed by atoms with van der Waals surface area (Å²) in [5, 5.41) is 3.20. The third kappa shape index (κ3) is 3.10. The molecule has 4 nitrogen and oxygen atoms in total. The van der Waals surface area contributed by atoms with Crippen LogP contribution in [0.1, 0.15) is 0 Å². The number of rotatable bonds is 3. The lowest BCUT2D eigenvalue weighted by molar-refractivity contribution is 0.669. The van der Waals surface area contributed by atoms with Gasteiger partial charge < -0.3 is 4.42 Å². The summed E-state index contributed by atoms with van der Waals surface area (Å²) in [6.07, 6.45) is 1.92. The lowest BCUT2D eigenvalue weighted by Crippen LogP contribution is -1.97. The highest BCUT2D eigenvalue weighted by Crippen LogP contribution is 2.39. The topological polar surface area (TPSA) is 43.9 Å². The zero-order chi connectivity index (χ0) is 25.1. The largest absolute Gasteiger partial charge is 0.455 e. The summed E-state index contributed by atoms with van der Waals surface area (Å²) in [6.45, 7) is 0. The van der Waals surface area contributed by atoms with Crippen LogP contribution in [-0.2, 0) is 0 Å². The van der Waals surface area contributed by atoms with Crippen LogP contribution in [-0.4, -0.2) is 14.5 Å². The van der Waals surface area contributed by atoms with Gasteiger partial charge in [0.2, 0.25) is 0 Å². The van der Waals surface area contributed by atoms with Gasteiger partial charge in [-0.15, -0.1) is 0 Å². The summed E-state index contributed by atoms with van der Waals surface area (Å²) < 4.78 is 8.79. The Morgan fingerprint density at radius 1 is 0.605 bits per heavy atom. The van der Waals surface area contributed by atoms with Crippen molar-refractivity contribution < 1.29 is 4.42 Å². The maximum absolute atomic E-state index is 6.61. The number of para-hydroxylation sites is 3. The standard InChI is InChI=1S/C34H21N3O/c1-3-10-22(11-4-1)23-18-19-25-26-15-9-16-28(33(26)38-31(25)20-23)34-36-32-27-14-7-8-17-29(27)35-21-30(32)37(34)24-12-5-2-6-13-24/h1-21H. The van der Waals surface area contributed by atoms with Gasteiger partial charge in [-0.25, -0.2) is 4.98 Å². The molecule has 3 heterocycles. The second-order valence-corrected chi connectivity index (χ2v) is 9.48. The van der Waals surface area contributed by atoms with Gasteiger partial charge in [0, 0.05) is 21.8 Å². The van der Waals surface area contributed by atoms with Crippen molar-refractivity contribution in [1.29, 1.82) is 0 Å². The maximum Gasteiger partial charge on any atom is 0.149 e. The molecule has 8 aromatic rings. The number of hydrogen-bond acceptors (Lipinski definition) is 3. The highest BCUT2D eigenvalue weighted by Gasteiger charge is 2.21. The Hall–Kier alpha value is -5.22. The molecule has 0 amide bonds. The SMILES string of the molecule is c1ccc(-c2ccc3c(c2)oc2c(-c4nc5c6ccccc6ncc5n4-c4ccccc4)cccc23)cc1. The molecule has 0 saturated carbocycles. The zero-order valence-corrected chi connectivity index (χ0v) is 20.4. The molecule has 3 aromatic heterocycles. The van der Waals surface area contributed by atoms with E-state index < -0.39 is 0 Å². The van der Waals surface area contributed by atoms with E-state index in [1.807, 2.05) is 48.7 Å². The van der Waals surface area contributed by atoms with E-state index in [0.717, 1.165) is 66.5 Å². The fraction of sp³-hybridized carbons (Fsp3) is 0. The van der Waals surface area contributed by atoms with Crippen molar-refractivity contribution in [1.82, 2.24) is 14.5 Å². The summed E-state index contributed by atoms with van der Waals surface area (Å²) >= 11 is 0. The van der Waals surface area contributed by atoms with E-state index in [-0.39, 0.29) is 0 Å². The molecule has 0 bridgehead atoms. The molecule has 0 aliphatic carbocycles. The van der Waals surface area contributed by atoms with Crippen LogP contribution in [0.2, 0.25) is 0 Å².